The van der Waals surface area contributed by atoms with Crippen molar-refractivity contribution in [2.24, 2.45) is 0 Å². The third kappa shape index (κ3) is 4.48. The van der Waals surface area contributed by atoms with Crippen LogP contribution in [-0.2, 0) is 5.41 Å². The number of rotatable bonds is 4. The minimum absolute atomic E-state index is 0.135. The van der Waals surface area contributed by atoms with Crippen molar-refractivity contribution < 1.29 is 4.42 Å². The molecule has 0 bridgehead atoms. The summed E-state index contributed by atoms with van der Waals surface area (Å²) in [6.45, 7) is 0. The third-order valence-corrected chi connectivity index (χ3v) is 10.7. The molecule has 1 fully saturated rings. The van der Waals surface area contributed by atoms with Gasteiger partial charge in [-0.05, 0) is 70.5 Å². The number of furan rings is 1. The second kappa shape index (κ2) is 11.1. The van der Waals surface area contributed by atoms with Crippen molar-refractivity contribution in [2.45, 2.75) is 37.5 Å². The molecule has 0 amide bonds. The summed E-state index contributed by atoms with van der Waals surface area (Å²) in [5.74, 6) is 1.91. The lowest BCUT2D eigenvalue weighted by molar-refractivity contribution is 0.353. The predicted octanol–water partition coefficient (Wildman–Crippen LogP) is 11.7. The molecule has 0 atom stereocenters. The van der Waals surface area contributed by atoms with Gasteiger partial charge in [0.25, 0.3) is 0 Å². The minimum atomic E-state index is 0.135. The zero-order valence-corrected chi connectivity index (χ0v) is 27.1. The standard InChI is InChI=1S/C45H33N3O/c1-4-13-29(14-5-1)42-46-43(30-15-6-2-7-16-30)48-44(47-42)32-22-24-35-34-23-21-31(27-39(34)49-40(35)28-32)33-18-12-20-38-41(33)36-17-8-9-19-37(36)45(38)25-10-3-11-26-45/h1-2,4-9,12-24,27-28H,3,10-11,25-26H2. The van der Waals surface area contributed by atoms with Crippen LogP contribution in [0, 0.1) is 0 Å². The largest absolute Gasteiger partial charge is 0.456 e. The second-order valence-corrected chi connectivity index (χ2v) is 13.5. The fraction of sp³-hybridized carbons (Fsp3) is 0.133. The number of hydrogen-bond acceptors (Lipinski definition) is 4. The third-order valence-electron chi connectivity index (χ3n) is 10.7. The predicted molar refractivity (Wildman–Crippen MR) is 198 cm³/mol. The van der Waals surface area contributed by atoms with Crippen molar-refractivity contribution in [2.75, 3.05) is 0 Å². The Balaban J connectivity index is 1.09. The first kappa shape index (κ1) is 28.2. The first-order valence-electron chi connectivity index (χ1n) is 17.3. The topological polar surface area (TPSA) is 51.8 Å². The van der Waals surface area contributed by atoms with E-state index in [9.17, 15) is 0 Å². The average molecular weight is 632 g/mol. The maximum atomic E-state index is 6.63. The van der Waals surface area contributed by atoms with Crippen molar-refractivity contribution in [3.63, 3.8) is 0 Å². The molecule has 6 aromatic carbocycles. The van der Waals surface area contributed by atoms with Crippen molar-refractivity contribution >= 4 is 21.9 Å². The Hall–Kier alpha value is -5.87. The number of benzene rings is 6. The zero-order valence-electron chi connectivity index (χ0n) is 27.1. The highest BCUT2D eigenvalue weighted by Crippen LogP contribution is 2.57. The molecule has 4 heteroatoms. The van der Waals surface area contributed by atoms with Crippen molar-refractivity contribution in [3.8, 4) is 56.4 Å². The van der Waals surface area contributed by atoms with Crippen molar-refractivity contribution in [3.05, 3.63) is 151 Å². The van der Waals surface area contributed by atoms with Crippen LogP contribution >= 0.6 is 0 Å². The van der Waals surface area contributed by atoms with Gasteiger partial charge in [0.15, 0.2) is 17.5 Å². The zero-order chi connectivity index (χ0) is 32.4. The fourth-order valence-electron chi connectivity index (χ4n) is 8.46. The van der Waals surface area contributed by atoms with Gasteiger partial charge in [-0.25, -0.2) is 15.0 Å². The molecule has 0 radical (unpaired) electrons. The van der Waals surface area contributed by atoms with Gasteiger partial charge in [-0.15, -0.1) is 0 Å². The van der Waals surface area contributed by atoms with E-state index in [1.807, 2.05) is 60.7 Å². The van der Waals surface area contributed by atoms with Gasteiger partial charge in [-0.2, -0.15) is 0 Å². The molecule has 1 spiro atoms. The molecule has 4 nitrogen and oxygen atoms in total. The van der Waals surface area contributed by atoms with Crippen LogP contribution in [0.3, 0.4) is 0 Å². The Morgan fingerprint density at radius 2 is 0.959 bits per heavy atom. The van der Waals surface area contributed by atoms with E-state index in [4.69, 9.17) is 19.4 Å². The molecule has 0 N–H and O–H groups in total. The number of nitrogens with zero attached hydrogens (tertiary/aromatic N) is 3. The Kier molecular flexibility index (Phi) is 6.38. The average Bonchev–Trinajstić information content (AvgIpc) is 3.68. The molecule has 10 rings (SSSR count). The molecule has 0 aliphatic heterocycles. The van der Waals surface area contributed by atoms with Gasteiger partial charge in [-0.1, -0.05) is 135 Å². The molecule has 0 saturated heterocycles. The van der Waals surface area contributed by atoms with Gasteiger partial charge >= 0.3 is 0 Å². The summed E-state index contributed by atoms with van der Waals surface area (Å²) in [4.78, 5) is 14.7. The smallest absolute Gasteiger partial charge is 0.164 e. The molecular weight excluding hydrogens is 599 g/mol. The molecule has 2 aliphatic rings. The van der Waals surface area contributed by atoms with E-state index in [0.717, 1.165) is 38.6 Å². The Morgan fingerprint density at radius 1 is 0.429 bits per heavy atom. The van der Waals surface area contributed by atoms with Gasteiger partial charge in [-0.3, -0.25) is 0 Å². The Morgan fingerprint density at radius 3 is 1.63 bits per heavy atom. The summed E-state index contributed by atoms with van der Waals surface area (Å²) in [6, 6.07) is 49.2. The van der Waals surface area contributed by atoms with Crippen LogP contribution in [-0.4, -0.2) is 15.0 Å². The van der Waals surface area contributed by atoms with Gasteiger partial charge in [0.1, 0.15) is 11.2 Å². The molecule has 234 valence electrons. The Bertz CT molecular complexity index is 2470. The van der Waals surface area contributed by atoms with Gasteiger partial charge in [0, 0.05) is 32.9 Å². The monoisotopic (exact) mass is 631 g/mol. The highest BCUT2D eigenvalue weighted by atomic mass is 16.3. The van der Waals surface area contributed by atoms with E-state index >= 15 is 0 Å². The van der Waals surface area contributed by atoms with Crippen LogP contribution in [0.25, 0.3) is 78.4 Å². The molecular formula is C45H33N3O. The van der Waals surface area contributed by atoms with E-state index in [2.05, 4.69) is 78.9 Å². The highest BCUT2D eigenvalue weighted by Gasteiger charge is 2.44. The molecule has 0 unspecified atom stereocenters. The maximum absolute atomic E-state index is 6.63. The van der Waals surface area contributed by atoms with Gasteiger partial charge in [0.05, 0.1) is 0 Å². The fourth-order valence-corrected chi connectivity index (χ4v) is 8.46. The van der Waals surface area contributed by atoms with Crippen LogP contribution in [0.5, 0.6) is 0 Å². The van der Waals surface area contributed by atoms with E-state index in [0.29, 0.717) is 17.5 Å². The van der Waals surface area contributed by atoms with Crippen LogP contribution in [0.1, 0.15) is 43.2 Å². The molecule has 49 heavy (non-hydrogen) atoms. The molecule has 1 saturated carbocycles. The number of hydrogen-bond donors (Lipinski definition) is 0. The first-order chi connectivity index (χ1) is 24.2. The van der Waals surface area contributed by atoms with Crippen molar-refractivity contribution in [1.29, 1.82) is 0 Å². The quantitative estimate of drug-likeness (QED) is 0.194. The molecule has 2 aromatic heterocycles. The van der Waals surface area contributed by atoms with Crippen molar-refractivity contribution in [1.82, 2.24) is 15.0 Å². The second-order valence-electron chi connectivity index (χ2n) is 13.5. The van der Waals surface area contributed by atoms with Crippen LogP contribution < -0.4 is 0 Å². The first-order valence-corrected chi connectivity index (χ1v) is 17.3. The van der Waals surface area contributed by atoms with Crippen LogP contribution in [0.15, 0.2) is 144 Å². The lowest BCUT2D eigenvalue weighted by Gasteiger charge is -2.36. The molecule has 2 aliphatic carbocycles. The normalized spacial score (nSPS) is 14.7. The molecule has 8 aromatic rings. The Labute approximate surface area is 285 Å². The number of aromatic nitrogens is 3. The summed E-state index contributed by atoms with van der Waals surface area (Å²) in [7, 11) is 0. The number of fused-ring (bicyclic) bond motifs is 8. The lowest BCUT2D eigenvalue weighted by Crippen LogP contribution is -2.27. The summed E-state index contributed by atoms with van der Waals surface area (Å²) in [5.41, 5.74) is 12.9. The minimum Gasteiger partial charge on any atom is -0.456 e. The SMILES string of the molecule is c1ccc(-c2nc(-c3ccccc3)nc(-c3ccc4c(c3)oc3cc(-c5cccc6c5-c5ccccc5C65CCCCC5)ccc34)n2)cc1. The summed E-state index contributed by atoms with van der Waals surface area (Å²) in [6.07, 6.45) is 6.37. The lowest BCUT2D eigenvalue weighted by atomic mass is 9.68. The summed E-state index contributed by atoms with van der Waals surface area (Å²) < 4.78 is 6.63. The van der Waals surface area contributed by atoms with E-state index < -0.39 is 0 Å². The van der Waals surface area contributed by atoms with Gasteiger partial charge < -0.3 is 4.42 Å². The molecule has 2 heterocycles. The summed E-state index contributed by atoms with van der Waals surface area (Å²) >= 11 is 0. The van der Waals surface area contributed by atoms with E-state index in [-0.39, 0.29) is 5.41 Å². The van der Waals surface area contributed by atoms with Gasteiger partial charge in [0.2, 0.25) is 0 Å². The van der Waals surface area contributed by atoms with Crippen LogP contribution in [0.2, 0.25) is 0 Å². The summed E-state index contributed by atoms with van der Waals surface area (Å²) in [5, 5.41) is 2.18. The van der Waals surface area contributed by atoms with E-state index in [1.54, 1.807) is 0 Å². The van der Waals surface area contributed by atoms with Crippen LogP contribution in [0.4, 0.5) is 0 Å². The maximum Gasteiger partial charge on any atom is 0.164 e. The van der Waals surface area contributed by atoms with E-state index in [1.165, 1.54) is 65.5 Å². The highest BCUT2D eigenvalue weighted by molar-refractivity contribution is 6.07.